The molecule has 1 fully saturated rings. The van der Waals surface area contributed by atoms with Gasteiger partial charge in [-0.15, -0.1) is 0 Å². The Morgan fingerprint density at radius 2 is 2.06 bits per heavy atom. The van der Waals surface area contributed by atoms with Gasteiger partial charge in [-0.2, -0.15) is 0 Å². The van der Waals surface area contributed by atoms with Gasteiger partial charge in [0.05, 0.1) is 6.54 Å². The first-order valence-corrected chi connectivity index (χ1v) is 6.01. The Balaban J connectivity index is 1.90. The maximum absolute atomic E-state index is 13.0. The zero-order valence-corrected chi connectivity index (χ0v) is 10.1. The van der Waals surface area contributed by atoms with E-state index in [1.54, 1.807) is 6.07 Å². The summed E-state index contributed by atoms with van der Waals surface area (Å²) in [5.41, 5.74) is 0.530. The summed E-state index contributed by atoms with van der Waals surface area (Å²) in [6, 6.07) is 4.15. The number of likely N-dealkylation sites (tertiary alicyclic amines) is 1. The van der Waals surface area contributed by atoms with Gasteiger partial charge in [0.25, 0.3) is 0 Å². The molecule has 1 saturated heterocycles. The first-order chi connectivity index (χ1) is 8.15. The van der Waals surface area contributed by atoms with E-state index in [-0.39, 0.29) is 12.5 Å². The topological polar surface area (TPSA) is 32.3 Å². The molecule has 0 bridgehead atoms. The smallest absolute Gasteiger partial charge is 0.241 e. The number of benzene rings is 1. The molecular formula is C12H14ClFN2O. The summed E-state index contributed by atoms with van der Waals surface area (Å²) in [6.45, 7) is 1.83. The number of rotatable bonds is 3. The van der Waals surface area contributed by atoms with Crippen molar-refractivity contribution in [2.45, 2.75) is 12.8 Å². The van der Waals surface area contributed by atoms with Crippen LogP contribution < -0.4 is 5.32 Å². The Morgan fingerprint density at radius 3 is 2.71 bits per heavy atom. The third-order valence-electron chi connectivity index (χ3n) is 2.77. The molecule has 0 unspecified atom stereocenters. The van der Waals surface area contributed by atoms with Crippen LogP contribution in [0.3, 0.4) is 0 Å². The van der Waals surface area contributed by atoms with E-state index in [0.717, 1.165) is 25.9 Å². The van der Waals surface area contributed by atoms with Crippen molar-refractivity contribution in [3.05, 3.63) is 29.0 Å². The molecule has 1 aromatic rings. The van der Waals surface area contributed by atoms with Crippen LogP contribution in [0, 0.1) is 5.82 Å². The van der Waals surface area contributed by atoms with E-state index < -0.39 is 5.82 Å². The highest BCUT2D eigenvalue weighted by atomic mass is 35.5. The Kier molecular flexibility index (Phi) is 3.84. The first-order valence-electron chi connectivity index (χ1n) is 5.63. The fourth-order valence-corrected chi connectivity index (χ4v) is 2.13. The highest BCUT2D eigenvalue weighted by Crippen LogP contribution is 2.18. The van der Waals surface area contributed by atoms with Gasteiger partial charge in [0.15, 0.2) is 0 Å². The summed E-state index contributed by atoms with van der Waals surface area (Å²) in [6.07, 6.45) is 2.13. The monoisotopic (exact) mass is 256 g/mol. The minimum Gasteiger partial charge on any atom is -0.376 e. The molecule has 92 valence electrons. The number of nitrogens with zero attached hydrogens (tertiary/aromatic N) is 1. The predicted molar refractivity (Wildman–Crippen MR) is 65.7 cm³/mol. The summed E-state index contributed by atoms with van der Waals surface area (Å²) >= 11 is 5.72. The molecule has 0 saturated carbocycles. The zero-order valence-electron chi connectivity index (χ0n) is 9.38. The number of carbonyl (C=O) groups excluding carboxylic acids is 1. The standard InChI is InChI=1S/C12H14ClFN2O/c13-9-5-10(14)7-11(6-9)15-8-12(17)16-3-1-2-4-16/h5-7,15H,1-4,8H2. The van der Waals surface area contributed by atoms with Gasteiger partial charge < -0.3 is 10.2 Å². The molecule has 5 heteroatoms. The highest BCUT2D eigenvalue weighted by Gasteiger charge is 2.17. The average molecular weight is 257 g/mol. The molecular weight excluding hydrogens is 243 g/mol. The van der Waals surface area contributed by atoms with Crippen molar-refractivity contribution in [1.29, 1.82) is 0 Å². The summed E-state index contributed by atoms with van der Waals surface area (Å²) in [5.74, 6) is -0.364. The molecule has 1 N–H and O–H groups in total. The number of carbonyl (C=O) groups is 1. The summed E-state index contributed by atoms with van der Waals surface area (Å²) < 4.78 is 13.0. The Morgan fingerprint density at radius 1 is 1.35 bits per heavy atom. The Bertz CT molecular complexity index is 399. The molecule has 0 aliphatic carbocycles. The number of anilines is 1. The van der Waals surface area contributed by atoms with Crippen LogP contribution in [0.5, 0.6) is 0 Å². The molecule has 0 spiro atoms. The Labute approximate surface area is 105 Å². The maximum atomic E-state index is 13.0. The summed E-state index contributed by atoms with van der Waals surface area (Å²) in [5, 5.41) is 3.21. The van der Waals surface area contributed by atoms with E-state index in [9.17, 15) is 9.18 Å². The van der Waals surface area contributed by atoms with Crippen LogP contribution in [0.25, 0.3) is 0 Å². The Hall–Kier alpha value is -1.29. The largest absolute Gasteiger partial charge is 0.376 e. The third-order valence-corrected chi connectivity index (χ3v) is 2.98. The number of nitrogens with one attached hydrogen (secondary N) is 1. The second-order valence-electron chi connectivity index (χ2n) is 4.10. The van der Waals surface area contributed by atoms with Crippen LogP contribution in [0.15, 0.2) is 18.2 Å². The van der Waals surface area contributed by atoms with Crippen LogP contribution in [0.4, 0.5) is 10.1 Å². The van der Waals surface area contributed by atoms with Gasteiger partial charge in [0.1, 0.15) is 5.82 Å². The van der Waals surface area contributed by atoms with Crippen molar-refractivity contribution in [2.75, 3.05) is 25.0 Å². The van der Waals surface area contributed by atoms with Crippen LogP contribution >= 0.6 is 11.6 Å². The van der Waals surface area contributed by atoms with Gasteiger partial charge in [0.2, 0.25) is 5.91 Å². The van der Waals surface area contributed by atoms with Crippen LogP contribution in [0.2, 0.25) is 5.02 Å². The van der Waals surface area contributed by atoms with E-state index in [1.165, 1.54) is 12.1 Å². The van der Waals surface area contributed by atoms with Crippen LogP contribution in [-0.4, -0.2) is 30.4 Å². The zero-order chi connectivity index (χ0) is 12.3. The van der Waals surface area contributed by atoms with E-state index in [0.29, 0.717) is 10.7 Å². The lowest BCUT2D eigenvalue weighted by molar-refractivity contribution is -0.128. The average Bonchev–Trinajstić information content (AvgIpc) is 2.78. The van der Waals surface area contributed by atoms with Gasteiger partial charge >= 0.3 is 0 Å². The second-order valence-corrected chi connectivity index (χ2v) is 4.54. The fourth-order valence-electron chi connectivity index (χ4n) is 1.91. The highest BCUT2D eigenvalue weighted by molar-refractivity contribution is 6.30. The quantitative estimate of drug-likeness (QED) is 0.901. The summed E-state index contributed by atoms with van der Waals surface area (Å²) in [7, 11) is 0. The fraction of sp³-hybridized carbons (Fsp3) is 0.417. The lowest BCUT2D eigenvalue weighted by Gasteiger charge is -2.16. The third kappa shape index (κ3) is 3.33. The van der Waals surface area contributed by atoms with Crippen molar-refractivity contribution in [3.8, 4) is 0 Å². The summed E-state index contributed by atoms with van der Waals surface area (Å²) in [4.78, 5) is 13.5. The van der Waals surface area contributed by atoms with E-state index in [1.807, 2.05) is 4.90 Å². The number of halogens is 2. The molecule has 2 rings (SSSR count). The molecule has 17 heavy (non-hydrogen) atoms. The van der Waals surface area contributed by atoms with E-state index in [2.05, 4.69) is 5.32 Å². The van der Waals surface area contributed by atoms with Crippen molar-refractivity contribution >= 4 is 23.2 Å². The van der Waals surface area contributed by atoms with Gasteiger partial charge in [-0.25, -0.2) is 4.39 Å². The number of hydrogen-bond donors (Lipinski definition) is 1. The molecule has 1 aliphatic rings. The lowest BCUT2D eigenvalue weighted by Crippen LogP contribution is -2.32. The molecule has 1 aliphatic heterocycles. The maximum Gasteiger partial charge on any atom is 0.241 e. The lowest BCUT2D eigenvalue weighted by atomic mass is 10.3. The molecule has 0 aromatic heterocycles. The molecule has 1 heterocycles. The molecule has 1 amide bonds. The molecule has 0 radical (unpaired) electrons. The first kappa shape index (κ1) is 12.2. The minimum atomic E-state index is -0.409. The van der Waals surface area contributed by atoms with Crippen LogP contribution in [-0.2, 0) is 4.79 Å². The van der Waals surface area contributed by atoms with Crippen molar-refractivity contribution in [2.24, 2.45) is 0 Å². The SMILES string of the molecule is O=C(CNc1cc(F)cc(Cl)c1)N1CCCC1. The van der Waals surface area contributed by atoms with Gasteiger partial charge in [-0.05, 0) is 31.0 Å². The number of amides is 1. The molecule has 1 aromatic carbocycles. The predicted octanol–water partition coefficient (Wildman–Crippen LogP) is 2.51. The van der Waals surface area contributed by atoms with Gasteiger partial charge in [-0.1, -0.05) is 11.6 Å². The van der Waals surface area contributed by atoms with Gasteiger partial charge in [-0.3, -0.25) is 4.79 Å². The van der Waals surface area contributed by atoms with Crippen molar-refractivity contribution in [1.82, 2.24) is 4.90 Å². The van der Waals surface area contributed by atoms with Gasteiger partial charge in [0, 0.05) is 23.8 Å². The van der Waals surface area contributed by atoms with E-state index in [4.69, 9.17) is 11.6 Å². The number of hydrogen-bond acceptors (Lipinski definition) is 2. The second kappa shape index (κ2) is 5.36. The van der Waals surface area contributed by atoms with Crippen LogP contribution in [0.1, 0.15) is 12.8 Å². The molecule has 3 nitrogen and oxygen atoms in total. The van der Waals surface area contributed by atoms with Crippen molar-refractivity contribution < 1.29 is 9.18 Å². The van der Waals surface area contributed by atoms with E-state index >= 15 is 0 Å². The van der Waals surface area contributed by atoms with Crippen molar-refractivity contribution in [3.63, 3.8) is 0 Å². The molecule has 0 atom stereocenters. The normalized spacial score (nSPS) is 15.1. The minimum absolute atomic E-state index is 0.0443.